The highest BCUT2D eigenvalue weighted by Gasteiger charge is 2.25. The van der Waals surface area contributed by atoms with Crippen LogP contribution in [-0.4, -0.2) is 24.0 Å². The maximum absolute atomic E-state index is 12.1. The Morgan fingerprint density at radius 1 is 1.38 bits per heavy atom. The van der Waals surface area contributed by atoms with E-state index in [1.807, 2.05) is 48.6 Å². The Hall–Kier alpha value is -1.59. The molecule has 0 saturated heterocycles. The van der Waals surface area contributed by atoms with E-state index in [4.69, 9.17) is 4.74 Å². The molecule has 21 heavy (non-hydrogen) atoms. The van der Waals surface area contributed by atoms with Crippen LogP contribution in [0.3, 0.4) is 0 Å². The van der Waals surface area contributed by atoms with Gasteiger partial charge in [-0.3, -0.25) is 4.79 Å². The molecule has 2 aliphatic rings. The highest BCUT2D eigenvalue weighted by molar-refractivity contribution is 9.10. The summed E-state index contributed by atoms with van der Waals surface area (Å²) in [6, 6.07) is 5.71. The van der Waals surface area contributed by atoms with Gasteiger partial charge in [-0.2, -0.15) is 0 Å². The van der Waals surface area contributed by atoms with Crippen LogP contribution in [-0.2, 0) is 4.79 Å². The average molecular weight is 362 g/mol. The van der Waals surface area contributed by atoms with Gasteiger partial charge in [0.15, 0.2) is 0 Å². The molecule has 1 aliphatic carbocycles. The second-order valence-electron chi connectivity index (χ2n) is 4.53. The van der Waals surface area contributed by atoms with Gasteiger partial charge in [0.2, 0.25) is 0 Å². The van der Waals surface area contributed by atoms with Crippen LogP contribution < -0.4 is 4.74 Å². The lowest BCUT2D eigenvalue weighted by Crippen LogP contribution is -2.22. The quantitative estimate of drug-likeness (QED) is 0.747. The third-order valence-corrected chi connectivity index (χ3v) is 4.94. The molecule has 1 aromatic rings. The second kappa shape index (κ2) is 6.03. The van der Waals surface area contributed by atoms with Crippen molar-refractivity contribution in [1.29, 1.82) is 0 Å². The fraction of sp³-hybridized carbons (Fsp3) is 0.125. The van der Waals surface area contributed by atoms with Gasteiger partial charge in [0.05, 0.1) is 27.4 Å². The summed E-state index contributed by atoms with van der Waals surface area (Å²) in [6.45, 7) is 0. The van der Waals surface area contributed by atoms with Crippen molar-refractivity contribution in [1.82, 2.24) is 0 Å². The Morgan fingerprint density at radius 3 is 3.00 bits per heavy atom. The van der Waals surface area contributed by atoms with E-state index in [9.17, 15) is 4.79 Å². The molecule has 3 rings (SSSR count). The number of benzene rings is 1. The molecule has 1 unspecified atom stereocenters. The Bertz CT molecular complexity index is 719. The van der Waals surface area contributed by atoms with E-state index >= 15 is 0 Å². The number of hydrogen-bond acceptors (Lipinski definition) is 3. The number of carbonyl (C=O) groups excluding carboxylic acids is 1. The van der Waals surface area contributed by atoms with E-state index in [0.29, 0.717) is 4.91 Å². The SMILES string of the molecule is COc1ccc(/C=C2/SC3C=CC=CC3=NC2=O)cc1Br. The number of nitrogens with zero attached hydrogens (tertiary/aromatic N) is 1. The van der Waals surface area contributed by atoms with Crippen molar-refractivity contribution in [2.24, 2.45) is 4.99 Å². The summed E-state index contributed by atoms with van der Waals surface area (Å²) in [5.74, 6) is 0.582. The van der Waals surface area contributed by atoms with Crippen molar-refractivity contribution in [3.8, 4) is 5.75 Å². The Kier molecular flexibility index (Phi) is 4.12. The number of ether oxygens (including phenoxy) is 1. The average Bonchev–Trinajstić information content (AvgIpc) is 2.48. The molecule has 1 amide bonds. The van der Waals surface area contributed by atoms with E-state index in [2.05, 4.69) is 20.9 Å². The van der Waals surface area contributed by atoms with Gasteiger partial charge in [0.1, 0.15) is 5.75 Å². The number of methoxy groups -OCH3 is 1. The first-order valence-corrected chi connectivity index (χ1v) is 8.04. The molecular weight excluding hydrogens is 350 g/mol. The zero-order valence-corrected chi connectivity index (χ0v) is 13.6. The predicted octanol–water partition coefficient (Wildman–Crippen LogP) is 4.01. The molecule has 1 aliphatic heterocycles. The number of aliphatic imine (C=N–C) groups is 1. The minimum Gasteiger partial charge on any atom is -0.496 e. The van der Waals surface area contributed by atoms with Crippen LogP contribution in [0.15, 0.2) is 56.9 Å². The first kappa shape index (κ1) is 14.4. The van der Waals surface area contributed by atoms with Gasteiger partial charge in [-0.15, -0.1) is 11.8 Å². The molecule has 1 atom stereocenters. The normalized spacial score (nSPS) is 22.2. The topological polar surface area (TPSA) is 38.7 Å². The van der Waals surface area contributed by atoms with E-state index in [1.165, 1.54) is 11.8 Å². The van der Waals surface area contributed by atoms with Gasteiger partial charge in [-0.25, -0.2) is 4.99 Å². The summed E-state index contributed by atoms with van der Waals surface area (Å²) < 4.78 is 6.06. The molecule has 5 heteroatoms. The monoisotopic (exact) mass is 361 g/mol. The van der Waals surface area contributed by atoms with Crippen molar-refractivity contribution in [2.75, 3.05) is 7.11 Å². The number of allylic oxidation sites excluding steroid dienone is 3. The third kappa shape index (κ3) is 3.04. The van der Waals surface area contributed by atoms with Crippen LogP contribution in [0.4, 0.5) is 0 Å². The zero-order chi connectivity index (χ0) is 14.8. The van der Waals surface area contributed by atoms with Crippen LogP contribution >= 0.6 is 27.7 Å². The summed E-state index contributed by atoms with van der Waals surface area (Å²) in [5, 5.41) is 0.126. The minimum atomic E-state index is -0.182. The number of thioether (sulfide) groups is 1. The van der Waals surface area contributed by atoms with Gasteiger partial charge in [0.25, 0.3) is 5.91 Å². The summed E-state index contributed by atoms with van der Waals surface area (Å²) >= 11 is 4.98. The molecule has 0 aromatic heterocycles. The van der Waals surface area contributed by atoms with Crippen LogP contribution in [0.5, 0.6) is 5.75 Å². The Labute approximate surface area is 135 Å². The van der Waals surface area contributed by atoms with Crippen LogP contribution in [0.1, 0.15) is 5.56 Å². The van der Waals surface area contributed by atoms with Crippen LogP contribution in [0.2, 0.25) is 0 Å². The molecule has 1 aromatic carbocycles. The zero-order valence-electron chi connectivity index (χ0n) is 11.2. The van der Waals surface area contributed by atoms with Crippen LogP contribution in [0.25, 0.3) is 6.08 Å². The molecule has 0 bridgehead atoms. The largest absolute Gasteiger partial charge is 0.496 e. The molecule has 1 heterocycles. The number of fused-ring (bicyclic) bond motifs is 1. The molecule has 0 fully saturated rings. The fourth-order valence-electron chi connectivity index (χ4n) is 2.09. The van der Waals surface area contributed by atoms with E-state index in [1.54, 1.807) is 7.11 Å². The molecular formula is C16H12BrNO2S. The second-order valence-corrected chi connectivity index (χ2v) is 6.56. The van der Waals surface area contributed by atoms with E-state index in [0.717, 1.165) is 21.5 Å². The van der Waals surface area contributed by atoms with Crippen molar-refractivity contribution < 1.29 is 9.53 Å². The van der Waals surface area contributed by atoms with Gasteiger partial charge in [-0.1, -0.05) is 24.3 Å². The first-order valence-electron chi connectivity index (χ1n) is 6.37. The maximum atomic E-state index is 12.1. The van der Waals surface area contributed by atoms with Gasteiger partial charge in [0, 0.05) is 0 Å². The van der Waals surface area contributed by atoms with Gasteiger partial charge >= 0.3 is 0 Å². The standard InChI is InChI=1S/C16H12BrNO2S/c1-20-13-7-6-10(8-11(13)17)9-15-16(19)18-12-4-2-3-5-14(12)21-15/h2-9,14H,1H3/b15-9+. The third-order valence-electron chi connectivity index (χ3n) is 3.12. The molecule has 3 nitrogen and oxygen atoms in total. The number of hydrogen-bond donors (Lipinski definition) is 0. The number of halogens is 1. The highest BCUT2D eigenvalue weighted by atomic mass is 79.9. The summed E-state index contributed by atoms with van der Waals surface area (Å²) in [4.78, 5) is 16.9. The van der Waals surface area contributed by atoms with Crippen LogP contribution in [0, 0.1) is 0 Å². The lowest BCUT2D eigenvalue weighted by molar-refractivity contribution is -0.113. The molecule has 0 N–H and O–H groups in total. The number of carbonyl (C=O) groups is 1. The summed E-state index contributed by atoms with van der Waals surface area (Å²) in [5.41, 5.74) is 1.76. The van der Waals surface area contributed by atoms with Crippen molar-refractivity contribution in [3.63, 3.8) is 0 Å². The van der Waals surface area contributed by atoms with Crippen molar-refractivity contribution in [2.45, 2.75) is 5.25 Å². The van der Waals surface area contributed by atoms with Gasteiger partial charge in [-0.05, 0) is 45.8 Å². The molecule has 0 radical (unpaired) electrons. The smallest absolute Gasteiger partial charge is 0.283 e. The lowest BCUT2D eigenvalue weighted by Gasteiger charge is -2.20. The minimum absolute atomic E-state index is 0.126. The first-order chi connectivity index (χ1) is 10.2. The molecule has 0 saturated carbocycles. The maximum Gasteiger partial charge on any atom is 0.283 e. The number of rotatable bonds is 2. The lowest BCUT2D eigenvalue weighted by atomic mass is 10.1. The van der Waals surface area contributed by atoms with E-state index in [-0.39, 0.29) is 11.2 Å². The predicted molar refractivity (Wildman–Crippen MR) is 90.8 cm³/mol. The molecule has 106 valence electrons. The van der Waals surface area contributed by atoms with Crippen molar-refractivity contribution >= 4 is 45.4 Å². The highest BCUT2D eigenvalue weighted by Crippen LogP contribution is 2.34. The Morgan fingerprint density at radius 2 is 2.24 bits per heavy atom. The van der Waals surface area contributed by atoms with E-state index < -0.39 is 0 Å². The van der Waals surface area contributed by atoms with Crippen molar-refractivity contribution in [3.05, 3.63) is 57.4 Å². The molecule has 0 spiro atoms. The summed E-state index contributed by atoms with van der Waals surface area (Å²) in [6.07, 6.45) is 9.68. The Balaban J connectivity index is 1.92. The van der Waals surface area contributed by atoms with Gasteiger partial charge < -0.3 is 4.74 Å². The fourth-order valence-corrected chi connectivity index (χ4v) is 3.70. The number of amides is 1. The summed E-state index contributed by atoms with van der Waals surface area (Å²) in [7, 11) is 1.62.